The molecule has 0 saturated carbocycles. The summed E-state index contributed by atoms with van der Waals surface area (Å²) in [7, 11) is 0. The molecule has 3 rings (SSSR count). The molecule has 3 aromatic rings. The number of nitrogens with one attached hydrogen (secondary N) is 2. The predicted molar refractivity (Wildman–Crippen MR) is 100 cm³/mol. The lowest BCUT2D eigenvalue weighted by atomic mass is 10.2. The third-order valence-electron chi connectivity index (χ3n) is 3.37. The largest absolute Gasteiger partial charge is 0.365 e. The molecule has 1 amide bonds. The van der Waals surface area contributed by atoms with Gasteiger partial charge in [-0.15, -0.1) is 10.2 Å². The summed E-state index contributed by atoms with van der Waals surface area (Å²) in [6.45, 7) is 0.583. The van der Waals surface area contributed by atoms with E-state index in [1.807, 2.05) is 24.3 Å². The Hall–Kier alpha value is -2.63. The molecule has 2 aromatic carbocycles. The highest BCUT2D eigenvalue weighted by molar-refractivity contribution is 6.31. The van der Waals surface area contributed by atoms with Crippen molar-refractivity contribution in [3.8, 4) is 0 Å². The predicted octanol–water partition coefficient (Wildman–Crippen LogP) is 4.65. The first-order valence-electron chi connectivity index (χ1n) is 7.49. The minimum atomic E-state index is -0.348. The summed E-state index contributed by atoms with van der Waals surface area (Å²) >= 11 is 11.7. The molecule has 7 heteroatoms. The van der Waals surface area contributed by atoms with Crippen LogP contribution in [0.4, 0.5) is 11.5 Å². The number of carbonyl (C=O) groups is 1. The van der Waals surface area contributed by atoms with Crippen molar-refractivity contribution in [3.63, 3.8) is 0 Å². The van der Waals surface area contributed by atoms with E-state index < -0.39 is 0 Å². The summed E-state index contributed by atoms with van der Waals surface area (Å²) in [5.41, 5.74) is 1.88. The zero-order valence-electron chi connectivity index (χ0n) is 13.0. The number of hydrogen-bond acceptors (Lipinski definition) is 4. The number of carbonyl (C=O) groups excluding carboxylic acids is 1. The van der Waals surface area contributed by atoms with Crippen molar-refractivity contribution in [1.82, 2.24) is 10.2 Å². The highest BCUT2D eigenvalue weighted by atomic mass is 35.5. The van der Waals surface area contributed by atoms with Gasteiger partial charge in [-0.05, 0) is 48.0 Å². The standard InChI is InChI=1S/C18H14Cl2N4O/c19-13-6-4-12(5-7-13)11-21-17-9-8-16(23-24-17)18(25)22-15-3-1-2-14(20)10-15/h1-10H,11H2,(H,21,24)(H,22,25). The maximum atomic E-state index is 12.2. The molecule has 0 radical (unpaired) electrons. The van der Waals surface area contributed by atoms with E-state index in [1.54, 1.807) is 36.4 Å². The van der Waals surface area contributed by atoms with Crippen molar-refractivity contribution in [1.29, 1.82) is 0 Å². The van der Waals surface area contributed by atoms with Crippen LogP contribution in [0.25, 0.3) is 0 Å². The summed E-state index contributed by atoms with van der Waals surface area (Å²) in [6.07, 6.45) is 0. The summed E-state index contributed by atoms with van der Waals surface area (Å²) in [5, 5.41) is 15.1. The van der Waals surface area contributed by atoms with Gasteiger partial charge in [-0.25, -0.2) is 0 Å². The number of benzene rings is 2. The molecule has 0 atom stereocenters. The Labute approximate surface area is 155 Å². The Kier molecular flexibility index (Phi) is 5.48. The third-order valence-corrected chi connectivity index (χ3v) is 3.85. The molecule has 0 bridgehead atoms. The second-order valence-corrected chi connectivity index (χ2v) is 6.12. The van der Waals surface area contributed by atoms with Gasteiger partial charge in [0, 0.05) is 22.3 Å². The zero-order chi connectivity index (χ0) is 17.6. The number of anilines is 2. The first-order valence-corrected chi connectivity index (χ1v) is 8.25. The molecule has 0 saturated heterocycles. The number of hydrogen-bond donors (Lipinski definition) is 2. The minimum absolute atomic E-state index is 0.219. The first-order chi connectivity index (χ1) is 12.1. The average Bonchev–Trinajstić information content (AvgIpc) is 2.62. The Morgan fingerprint density at radius 3 is 2.40 bits per heavy atom. The third kappa shape index (κ3) is 4.92. The molecule has 0 aliphatic carbocycles. The Bertz CT molecular complexity index is 867. The monoisotopic (exact) mass is 372 g/mol. The van der Waals surface area contributed by atoms with Crippen molar-refractivity contribution in [2.75, 3.05) is 10.6 Å². The smallest absolute Gasteiger partial charge is 0.276 e. The second kappa shape index (κ2) is 7.96. The summed E-state index contributed by atoms with van der Waals surface area (Å²) in [6, 6.07) is 17.7. The van der Waals surface area contributed by atoms with E-state index in [0.29, 0.717) is 28.1 Å². The molecule has 25 heavy (non-hydrogen) atoms. The molecule has 0 unspecified atom stereocenters. The molecule has 0 aliphatic heterocycles. The van der Waals surface area contributed by atoms with Gasteiger partial charge in [0.05, 0.1) is 0 Å². The van der Waals surface area contributed by atoms with Crippen LogP contribution in [0.3, 0.4) is 0 Å². The van der Waals surface area contributed by atoms with Crippen LogP contribution in [0.1, 0.15) is 16.1 Å². The molecule has 126 valence electrons. The van der Waals surface area contributed by atoms with Crippen LogP contribution in [0.15, 0.2) is 60.7 Å². The number of rotatable bonds is 5. The molecule has 2 N–H and O–H groups in total. The van der Waals surface area contributed by atoms with E-state index in [1.165, 1.54) is 0 Å². The van der Waals surface area contributed by atoms with Gasteiger partial charge in [0.25, 0.3) is 5.91 Å². The summed E-state index contributed by atoms with van der Waals surface area (Å²) < 4.78 is 0. The maximum absolute atomic E-state index is 12.2. The summed E-state index contributed by atoms with van der Waals surface area (Å²) in [4.78, 5) is 12.2. The number of nitrogens with zero attached hydrogens (tertiary/aromatic N) is 2. The van der Waals surface area contributed by atoms with E-state index in [4.69, 9.17) is 23.2 Å². The highest BCUT2D eigenvalue weighted by Crippen LogP contribution is 2.16. The highest BCUT2D eigenvalue weighted by Gasteiger charge is 2.09. The van der Waals surface area contributed by atoms with Crippen molar-refractivity contribution < 1.29 is 4.79 Å². The first kappa shape index (κ1) is 17.2. The van der Waals surface area contributed by atoms with Crippen LogP contribution in [-0.2, 0) is 6.54 Å². The van der Waals surface area contributed by atoms with Gasteiger partial charge in [0.2, 0.25) is 0 Å². The van der Waals surface area contributed by atoms with E-state index in [0.717, 1.165) is 5.56 Å². The van der Waals surface area contributed by atoms with Gasteiger partial charge in [-0.1, -0.05) is 41.4 Å². The van der Waals surface area contributed by atoms with Gasteiger partial charge >= 0.3 is 0 Å². The Balaban J connectivity index is 1.59. The average molecular weight is 373 g/mol. The molecular formula is C18H14Cl2N4O. The minimum Gasteiger partial charge on any atom is -0.365 e. The number of aromatic nitrogens is 2. The lowest BCUT2D eigenvalue weighted by Gasteiger charge is -2.07. The van der Waals surface area contributed by atoms with E-state index >= 15 is 0 Å². The van der Waals surface area contributed by atoms with Crippen molar-refractivity contribution >= 4 is 40.6 Å². The fourth-order valence-corrected chi connectivity index (χ4v) is 2.42. The van der Waals surface area contributed by atoms with E-state index in [-0.39, 0.29) is 11.6 Å². The van der Waals surface area contributed by atoms with Crippen LogP contribution in [0, 0.1) is 0 Å². The van der Waals surface area contributed by atoms with Crippen LogP contribution in [0.5, 0.6) is 0 Å². The molecule has 1 heterocycles. The number of amides is 1. The van der Waals surface area contributed by atoms with Gasteiger partial charge < -0.3 is 10.6 Å². The van der Waals surface area contributed by atoms with E-state index in [9.17, 15) is 4.79 Å². The Morgan fingerprint density at radius 1 is 0.920 bits per heavy atom. The molecule has 1 aromatic heterocycles. The maximum Gasteiger partial charge on any atom is 0.276 e. The van der Waals surface area contributed by atoms with Crippen molar-refractivity contribution in [2.45, 2.75) is 6.54 Å². The van der Waals surface area contributed by atoms with Gasteiger partial charge in [0.15, 0.2) is 5.69 Å². The molecule has 0 fully saturated rings. The van der Waals surface area contributed by atoms with Gasteiger partial charge in [-0.2, -0.15) is 0 Å². The molecule has 0 spiro atoms. The topological polar surface area (TPSA) is 66.9 Å². The zero-order valence-corrected chi connectivity index (χ0v) is 14.6. The SMILES string of the molecule is O=C(Nc1cccc(Cl)c1)c1ccc(NCc2ccc(Cl)cc2)nn1. The van der Waals surface area contributed by atoms with Crippen molar-refractivity contribution in [3.05, 3.63) is 82.0 Å². The van der Waals surface area contributed by atoms with Crippen LogP contribution in [0.2, 0.25) is 10.0 Å². The lowest BCUT2D eigenvalue weighted by Crippen LogP contribution is -2.14. The summed E-state index contributed by atoms with van der Waals surface area (Å²) in [5.74, 6) is 0.230. The molecule has 5 nitrogen and oxygen atoms in total. The molecule has 0 aliphatic rings. The second-order valence-electron chi connectivity index (χ2n) is 5.25. The van der Waals surface area contributed by atoms with E-state index in [2.05, 4.69) is 20.8 Å². The van der Waals surface area contributed by atoms with Gasteiger partial charge in [-0.3, -0.25) is 4.79 Å². The number of halogens is 2. The molecular weight excluding hydrogens is 359 g/mol. The fraction of sp³-hybridized carbons (Fsp3) is 0.0556. The van der Waals surface area contributed by atoms with Crippen LogP contribution >= 0.6 is 23.2 Å². The fourth-order valence-electron chi connectivity index (χ4n) is 2.10. The van der Waals surface area contributed by atoms with Crippen molar-refractivity contribution in [2.24, 2.45) is 0 Å². The van der Waals surface area contributed by atoms with Crippen LogP contribution < -0.4 is 10.6 Å². The Morgan fingerprint density at radius 2 is 1.72 bits per heavy atom. The van der Waals surface area contributed by atoms with Gasteiger partial charge in [0.1, 0.15) is 5.82 Å². The lowest BCUT2D eigenvalue weighted by molar-refractivity contribution is 0.102. The van der Waals surface area contributed by atoms with Crippen LogP contribution in [-0.4, -0.2) is 16.1 Å². The quantitative estimate of drug-likeness (QED) is 0.683. The normalized spacial score (nSPS) is 10.3.